The maximum absolute atomic E-state index is 4.82. The molecular formula is C13H13NO. The van der Waals surface area contributed by atoms with E-state index in [1.165, 1.54) is 5.56 Å². The Morgan fingerprint density at radius 1 is 1.40 bits per heavy atom. The van der Waals surface area contributed by atoms with Gasteiger partial charge in [0.2, 0.25) is 0 Å². The molecule has 0 aliphatic heterocycles. The summed E-state index contributed by atoms with van der Waals surface area (Å²) in [6, 6.07) is 8.34. The third-order valence-electron chi connectivity index (χ3n) is 2.20. The van der Waals surface area contributed by atoms with Crippen molar-refractivity contribution in [2.24, 2.45) is 0 Å². The van der Waals surface area contributed by atoms with E-state index in [1.807, 2.05) is 13.0 Å². The van der Waals surface area contributed by atoms with Gasteiger partial charge in [-0.2, -0.15) is 0 Å². The van der Waals surface area contributed by atoms with E-state index in [1.54, 1.807) is 12.5 Å². The van der Waals surface area contributed by atoms with Gasteiger partial charge >= 0.3 is 0 Å². The molecule has 0 fully saturated rings. The van der Waals surface area contributed by atoms with Gasteiger partial charge in [-0.25, -0.2) is 0 Å². The zero-order chi connectivity index (χ0) is 10.7. The fraction of sp³-hybridized carbons (Fsp3) is 0.154. The molecule has 1 heterocycles. The number of rotatable bonds is 3. The largest absolute Gasteiger partial charge is 0.364 e. The molecule has 2 aromatic rings. The van der Waals surface area contributed by atoms with Gasteiger partial charge in [-0.3, -0.25) is 0 Å². The van der Waals surface area contributed by atoms with Crippen LogP contribution in [-0.4, -0.2) is 5.16 Å². The summed E-state index contributed by atoms with van der Waals surface area (Å²) in [5.41, 5.74) is 4.58. The highest BCUT2D eigenvalue weighted by Crippen LogP contribution is 2.20. The van der Waals surface area contributed by atoms with E-state index in [-0.39, 0.29) is 0 Å². The number of allylic oxidation sites excluding steroid dienone is 1. The molecule has 0 saturated carbocycles. The molecule has 0 radical (unpaired) electrons. The first-order chi connectivity index (χ1) is 7.25. The van der Waals surface area contributed by atoms with E-state index in [2.05, 4.69) is 29.9 Å². The Hall–Kier alpha value is -1.83. The van der Waals surface area contributed by atoms with E-state index in [0.717, 1.165) is 23.1 Å². The highest BCUT2D eigenvalue weighted by Gasteiger charge is 2.01. The minimum absolute atomic E-state index is 0.916. The van der Waals surface area contributed by atoms with Crippen LogP contribution >= 0.6 is 0 Å². The third-order valence-corrected chi connectivity index (χ3v) is 2.20. The first kappa shape index (κ1) is 9.71. The molecule has 2 rings (SSSR count). The topological polar surface area (TPSA) is 26.0 Å². The van der Waals surface area contributed by atoms with Crippen molar-refractivity contribution in [3.05, 3.63) is 54.4 Å². The van der Waals surface area contributed by atoms with Crippen molar-refractivity contribution in [1.29, 1.82) is 0 Å². The molecule has 0 spiro atoms. The highest BCUT2D eigenvalue weighted by atomic mass is 16.5. The molecule has 2 heteroatoms. The summed E-state index contributed by atoms with van der Waals surface area (Å²) < 4.78 is 4.82. The number of nitrogens with zero attached hydrogens (tertiary/aromatic N) is 1. The minimum atomic E-state index is 0.916. The molecule has 76 valence electrons. The van der Waals surface area contributed by atoms with Gasteiger partial charge in [0.05, 0.1) is 6.20 Å². The van der Waals surface area contributed by atoms with Crippen LogP contribution in [0.3, 0.4) is 0 Å². The van der Waals surface area contributed by atoms with Gasteiger partial charge in [0, 0.05) is 5.56 Å². The molecule has 0 aliphatic carbocycles. The fourth-order valence-electron chi connectivity index (χ4n) is 1.56. The summed E-state index contributed by atoms with van der Waals surface area (Å²) in [5.74, 6) is 0. The lowest BCUT2D eigenvalue weighted by molar-refractivity contribution is 0.420. The van der Waals surface area contributed by atoms with Gasteiger partial charge in [0.1, 0.15) is 6.26 Å². The molecule has 0 bridgehead atoms. The second-order valence-electron chi connectivity index (χ2n) is 3.75. The quantitative estimate of drug-likeness (QED) is 0.707. The van der Waals surface area contributed by atoms with Crippen LogP contribution in [0.4, 0.5) is 0 Å². The molecule has 1 aromatic carbocycles. The van der Waals surface area contributed by atoms with E-state index >= 15 is 0 Å². The van der Waals surface area contributed by atoms with E-state index in [0.29, 0.717) is 0 Å². The standard InChI is InChI=1S/C13H13NO/c1-10(2)6-11-4-3-5-12(7-11)13-8-14-15-9-13/h3-5,7-9H,1,6H2,2H3. The molecular weight excluding hydrogens is 186 g/mol. The van der Waals surface area contributed by atoms with Crippen molar-refractivity contribution in [3.8, 4) is 11.1 Å². The zero-order valence-electron chi connectivity index (χ0n) is 8.73. The van der Waals surface area contributed by atoms with Crippen LogP contribution in [0.2, 0.25) is 0 Å². The van der Waals surface area contributed by atoms with E-state index in [4.69, 9.17) is 4.52 Å². The van der Waals surface area contributed by atoms with Gasteiger partial charge in [-0.05, 0) is 24.5 Å². The molecule has 0 unspecified atom stereocenters. The van der Waals surface area contributed by atoms with Gasteiger partial charge in [-0.1, -0.05) is 41.6 Å². The average Bonchev–Trinajstić information content (AvgIpc) is 2.69. The molecule has 2 nitrogen and oxygen atoms in total. The summed E-state index contributed by atoms with van der Waals surface area (Å²) in [7, 11) is 0. The normalized spacial score (nSPS) is 10.2. The molecule has 0 N–H and O–H groups in total. The predicted octanol–water partition coefficient (Wildman–Crippen LogP) is 3.46. The summed E-state index contributed by atoms with van der Waals surface area (Å²) in [6.07, 6.45) is 4.29. The van der Waals surface area contributed by atoms with Crippen molar-refractivity contribution in [3.63, 3.8) is 0 Å². The smallest absolute Gasteiger partial charge is 0.131 e. The second-order valence-corrected chi connectivity index (χ2v) is 3.75. The van der Waals surface area contributed by atoms with Crippen molar-refractivity contribution in [2.45, 2.75) is 13.3 Å². The Morgan fingerprint density at radius 3 is 2.93 bits per heavy atom. The van der Waals surface area contributed by atoms with Crippen LogP contribution in [0.15, 0.2) is 53.4 Å². The Balaban J connectivity index is 2.31. The lowest BCUT2D eigenvalue weighted by Gasteiger charge is -2.02. The summed E-state index contributed by atoms with van der Waals surface area (Å²) in [5, 5.41) is 3.70. The molecule has 0 aliphatic rings. The van der Waals surface area contributed by atoms with E-state index < -0.39 is 0 Å². The summed E-state index contributed by atoms with van der Waals surface area (Å²) in [4.78, 5) is 0. The molecule has 15 heavy (non-hydrogen) atoms. The maximum Gasteiger partial charge on any atom is 0.131 e. The van der Waals surface area contributed by atoms with Gasteiger partial charge in [-0.15, -0.1) is 0 Å². The second kappa shape index (κ2) is 4.13. The van der Waals surface area contributed by atoms with Crippen LogP contribution in [0, 0.1) is 0 Å². The average molecular weight is 199 g/mol. The van der Waals surface area contributed by atoms with Crippen molar-refractivity contribution in [2.75, 3.05) is 0 Å². The van der Waals surface area contributed by atoms with Crippen molar-refractivity contribution in [1.82, 2.24) is 5.16 Å². The fourth-order valence-corrected chi connectivity index (χ4v) is 1.56. The predicted molar refractivity (Wildman–Crippen MR) is 60.5 cm³/mol. The minimum Gasteiger partial charge on any atom is -0.364 e. The molecule has 1 aromatic heterocycles. The molecule has 0 atom stereocenters. The first-order valence-corrected chi connectivity index (χ1v) is 4.89. The number of benzene rings is 1. The van der Waals surface area contributed by atoms with Crippen LogP contribution < -0.4 is 0 Å². The Labute approximate surface area is 89.2 Å². The van der Waals surface area contributed by atoms with Gasteiger partial charge < -0.3 is 4.52 Å². The number of hydrogen-bond acceptors (Lipinski definition) is 2. The maximum atomic E-state index is 4.82. The lowest BCUT2D eigenvalue weighted by Crippen LogP contribution is -1.85. The van der Waals surface area contributed by atoms with Crippen LogP contribution in [0.5, 0.6) is 0 Å². The summed E-state index contributed by atoms with van der Waals surface area (Å²) >= 11 is 0. The van der Waals surface area contributed by atoms with Gasteiger partial charge in [0.25, 0.3) is 0 Å². The van der Waals surface area contributed by atoms with Crippen LogP contribution in [0.1, 0.15) is 12.5 Å². The Morgan fingerprint density at radius 2 is 2.27 bits per heavy atom. The Bertz CT molecular complexity index is 457. The monoisotopic (exact) mass is 199 g/mol. The zero-order valence-corrected chi connectivity index (χ0v) is 8.73. The van der Waals surface area contributed by atoms with E-state index in [9.17, 15) is 0 Å². The number of hydrogen-bond donors (Lipinski definition) is 0. The van der Waals surface area contributed by atoms with Crippen molar-refractivity contribution < 1.29 is 4.52 Å². The SMILES string of the molecule is C=C(C)Cc1cccc(-c2cnoc2)c1. The lowest BCUT2D eigenvalue weighted by atomic mass is 10.0. The Kier molecular flexibility index (Phi) is 2.68. The molecule has 0 amide bonds. The van der Waals surface area contributed by atoms with Crippen LogP contribution in [0.25, 0.3) is 11.1 Å². The third kappa shape index (κ3) is 2.34. The number of aromatic nitrogens is 1. The van der Waals surface area contributed by atoms with Crippen molar-refractivity contribution >= 4 is 0 Å². The highest BCUT2D eigenvalue weighted by molar-refractivity contribution is 5.61. The van der Waals surface area contributed by atoms with Crippen LogP contribution in [-0.2, 0) is 6.42 Å². The summed E-state index contributed by atoms with van der Waals surface area (Å²) in [6.45, 7) is 5.95. The van der Waals surface area contributed by atoms with Gasteiger partial charge in [0.15, 0.2) is 0 Å². The first-order valence-electron chi connectivity index (χ1n) is 4.89. The molecule has 0 saturated heterocycles.